The first kappa shape index (κ1) is 18.3. The molecule has 4 rings (SSSR count). The lowest BCUT2D eigenvalue weighted by Crippen LogP contribution is -2.07. The first-order valence-electron chi connectivity index (χ1n) is 8.04. The highest BCUT2D eigenvalue weighted by Crippen LogP contribution is 2.33. The van der Waals surface area contributed by atoms with Crippen molar-refractivity contribution >= 4 is 45.6 Å². The van der Waals surface area contributed by atoms with Crippen LogP contribution in [0.4, 0.5) is 5.69 Å². The molecule has 1 aliphatic heterocycles. The molecule has 27 heavy (non-hydrogen) atoms. The third-order valence-corrected chi connectivity index (χ3v) is 4.62. The van der Waals surface area contributed by atoms with Gasteiger partial charge >= 0.3 is 11.9 Å². The molecular formula is C20H16N2O4S. The maximum Gasteiger partial charge on any atom is 0.328 e. The van der Waals surface area contributed by atoms with Gasteiger partial charge in [-0.25, -0.2) is 9.59 Å². The molecule has 0 unspecified atom stereocenters. The van der Waals surface area contributed by atoms with Gasteiger partial charge in [0.25, 0.3) is 0 Å². The Hall–Kier alpha value is -3.45. The van der Waals surface area contributed by atoms with E-state index in [9.17, 15) is 9.59 Å². The molecule has 0 fully saturated rings. The number of nitrogens with zero attached hydrogens (tertiary/aromatic N) is 1. The van der Waals surface area contributed by atoms with Gasteiger partial charge in [0.2, 0.25) is 0 Å². The van der Waals surface area contributed by atoms with E-state index in [0.717, 1.165) is 18.1 Å². The number of thiophene rings is 1. The van der Waals surface area contributed by atoms with Gasteiger partial charge < -0.3 is 15.5 Å². The van der Waals surface area contributed by atoms with Gasteiger partial charge in [-0.05, 0) is 22.9 Å². The standard InChI is InChI=1S/C16H12N2S.C4H4O4/c1-4-11-5-2-8-14-15(11)13(7-1)16(18-14)17-10-12-6-3-9-19-12;5-3(6)1-2-4(7)8/h1-9H,10H2,(H,17,18);1-2H,(H,5,6)(H,7,8)/b;2-1+. The molecule has 2 aromatic carbocycles. The van der Waals surface area contributed by atoms with E-state index in [1.807, 2.05) is 0 Å². The van der Waals surface area contributed by atoms with Gasteiger partial charge in [0.15, 0.2) is 0 Å². The number of carbonyl (C=O) groups is 2. The van der Waals surface area contributed by atoms with E-state index in [1.54, 1.807) is 11.3 Å². The third-order valence-electron chi connectivity index (χ3n) is 3.75. The summed E-state index contributed by atoms with van der Waals surface area (Å²) in [6.45, 7) is 0.740. The van der Waals surface area contributed by atoms with Crippen LogP contribution in [0.5, 0.6) is 0 Å². The normalized spacial score (nSPS) is 13.4. The summed E-state index contributed by atoms with van der Waals surface area (Å²) in [4.78, 5) is 25.1. The van der Waals surface area contributed by atoms with Crippen molar-refractivity contribution in [3.63, 3.8) is 0 Å². The lowest BCUT2D eigenvalue weighted by molar-refractivity contribution is -0.134. The number of aliphatic imine (C=N–C) groups is 1. The molecule has 0 bridgehead atoms. The van der Waals surface area contributed by atoms with E-state index in [1.165, 1.54) is 21.2 Å². The molecule has 6 nitrogen and oxygen atoms in total. The molecule has 0 atom stereocenters. The Morgan fingerprint density at radius 1 is 1.00 bits per heavy atom. The van der Waals surface area contributed by atoms with Crippen molar-refractivity contribution in [1.82, 2.24) is 0 Å². The van der Waals surface area contributed by atoms with Gasteiger partial charge in [-0.1, -0.05) is 36.4 Å². The number of amidine groups is 1. The molecule has 0 saturated carbocycles. The fraction of sp³-hybridized carbons (Fsp3) is 0.0500. The second-order valence-electron chi connectivity index (χ2n) is 5.59. The summed E-state index contributed by atoms with van der Waals surface area (Å²) >= 11 is 1.75. The highest BCUT2D eigenvalue weighted by atomic mass is 32.1. The van der Waals surface area contributed by atoms with Gasteiger partial charge in [0.1, 0.15) is 5.84 Å². The summed E-state index contributed by atoms with van der Waals surface area (Å²) in [6, 6.07) is 16.9. The number of carboxylic acids is 2. The lowest BCUT2D eigenvalue weighted by atomic mass is 10.1. The van der Waals surface area contributed by atoms with E-state index in [4.69, 9.17) is 15.2 Å². The minimum absolute atomic E-state index is 0.558. The molecular weight excluding hydrogens is 364 g/mol. The predicted octanol–water partition coefficient (Wildman–Crippen LogP) is 3.99. The van der Waals surface area contributed by atoms with Crippen LogP contribution in [0, 0.1) is 0 Å². The van der Waals surface area contributed by atoms with Crippen LogP contribution >= 0.6 is 11.3 Å². The molecule has 2 heterocycles. The Labute approximate surface area is 159 Å². The minimum atomic E-state index is -1.26. The molecule has 0 radical (unpaired) electrons. The number of benzene rings is 2. The van der Waals surface area contributed by atoms with Crippen LogP contribution in [0.2, 0.25) is 0 Å². The molecule has 0 aliphatic carbocycles. The molecule has 1 aromatic heterocycles. The monoisotopic (exact) mass is 380 g/mol. The first-order chi connectivity index (χ1) is 13.0. The predicted molar refractivity (Wildman–Crippen MR) is 107 cm³/mol. The highest BCUT2D eigenvalue weighted by Gasteiger charge is 2.18. The van der Waals surface area contributed by atoms with Gasteiger partial charge in [-0.3, -0.25) is 4.99 Å². The second-order valence-corrected chi connectivity index (χ2v) is 6.62. The van der Waals surface area contributed by atoms with Crippen molar-refractivity contribution < 1.29 is 19.8 Å². The fourth-order valence-corrected chi connectivity index (χ4v) is 3.29. The average Bonchev–Trinajstić information content (AvgIpc) is 3.29. The van der Waals surface area contributed by atoms with Crippen molar-refractivity contribution in [3.05, 3.63) is 76.5 Å². The van der Waals surface area contributed by atoms with Gasteiger partial charge in [-0.2, -0.15) is 0 Å². The zero-order valence-electron chi connectivity index (χ0n) is 14.1. The maximum absolute atomic E-state index is 9.55. The summed E-state index contributed by atoms with van der Waals surface area (Å²) in [5.41, 5.74) is 2.38. The Bertz CT molecular complexity index is 1020. The van der Waals surface area contributed by atoms with E-state index >= 15 is 0 Å². The van der Waals surface area contributed by atoms with E-state index in [0.29, 0.717) is 12.2 Å². The third kappa shape index (κ3) is 4.59. The van der Waals surface area contributed by atoms with Crippen molar-refractivity contribution in [1.29, 1.82) is 0 Å². The number of hydrogen-bond donors (Lipinski definition) is 3. The highest BCUT2D eigenvalue weighted by molar-refractivity contribution is 7.09. The minimum Gasteiger partial charge on any atom is -0.478 e. The van der Waals surface area contributed by atoms with Crippen LogP contribution in [0.1, 0.15) is 10.4 Å². The molecule has 7 heteroatoms. The van der Waals surface area contributed by atoms with Gasteiger partial charge in [0.05, 0.1) is 6.54 Å². The van der Waals surface area contributed by atoms with Crippen LogP contribution in [0.3, 0.4) is 0 Å². The molecule has 0 spiro atoms. The number of carboxylic acid groups (broad SMARTS) is 2. The van der Waals surface area contributed by atoms with E-state index in [2.05, 4.69) is 59.2 Å². The summed E-state index contributed by atoms with van der Waals surface area (Å²) in [5, 5.41) is 23.7. The number of anilines is 1. The molecule has 3 aromatic rings. The lowest BCUT2D eigenvalue weighted by Gasteiger charge is -2.00. The molecule has 1 aliphatic rings. The zero-order valence-corrected chi connectivity index (χ0v) is 14.9. The summed E-state index contributed by atoms with van der Waals surface area (Å²) < 4.78 is 0. The number of rotatable bonds is 4. The molecule has 0 amide bonds. The van der Waals surface area contributed by atoms with E-state index < -0.39 is 11.9 Å². The van der Waals surface area contributed by atoms with Crippen LogP contribution in [0.25, 0.3) is 10.8 Å². The summed E-state index contributed by atoms with van der Waals surface area (Å²) in [5.74, 6) is -1.53. The van der Waals surface area contributed by atoms with Crippen molar-refractivity contribution in [2.45, 2.75) is 6.54 Å². The Kier molecular flexibility index (Phi) is 5.63. The van der Waals surface area contributed by atoms with Crippen LogP contribution in [0.15, 0.2) is 71.1 Å². The second kappa shape index (κ2) is 8.29. The van der Waals surface area contributed by atoms with Crippen molar-refractivity contribution in [3.8, 4) is 0 Å². The van der Waals surface area contributed by atoms with Crippen LogP contribution in [-0.2, 0) is 16.1 Å². The summed E-state index contributed by atoms with van der Waals surface area (Å²) in [6.07, 6.45) is 1.12. The fourth-order valence-electron chi connectivity index (χ4n) is 2.66. The smallest absolute Gasteiger partial charge is 0.328 e. The largest absolute Gasteiger partial charge is 0.478 e. The van der Waals surface area contributed by atoms with Crippen LogP contribution < -0.4 is 5.32 Å². The number of hydrogen-bond acceptors (Lipinski definition) is 4. The Balaban J connectivity index is 0.000000226. The first-order valence-corrected chi connectivity index (χ1v) is 8.92. The Morgan fingerprint density at radius 3 is 2.33 bits per heavy atom. The topological polar surface area (TPSA) is 99.0 Å². The number of nitrogens with one attached hydrogen (secondary N) is 1. The average molecular weight is 380 g/mol. The van der Waals surface area contributed by atoms with Crippen molar-refractivity contribution in [2.24, 2.45) is 4.99 Å². The van der Waals surface area contributed by atoms with Gasteiger partial charge in [-0.15, -0.1) is 11.3 Å². The number of aliphatic carboxylic acids is 2. The Morgan fingerprint density at radius 2 is 1.70 bits per heavy atom. The van der Waals surface area contributed by atoms with Gasteiger partial charge in [0, 0.05) is 33.7 Å². The van der Waals surface area contributed by atoms with Crippen LogP contribution in [-0.4, -0.2) is 28.0 Å². The zero-order chi connectivity index (χ0) is 19.2. The quantitative estimate of drug-likeness (QED) is 0.595. The maximum atomic E-state index is 9.55. The van der Waals surface area contributed by atoms with Crippen molar-refractivity contribution in [2.75, 3.05) is 5.32 Å². The molecule has 0 saturated heterocycles. The molecule has 136 valence electrons. The summed E-state index contributed by atoms with van der Waals surface area (Å²) in [7, 11) is 0. The van der Waals surface area contributed by atoms with E-state index in [-0.39, 0.29) is 0 Å². The molecule has 3 N–H and O–H groups in total. The SMILES string of the molecule is O=C(O)/C=C/C(=O)O.c1csc(CN=C2Nc3cccc4cccc2c34)c1.